The summed E-state index contributed by atoms with van der Waals surface area (Å²) < 4.78 is 10.4. The van der Waals surface area contributed by atoms with E-state index in [1.54, 1.807) is 13.2 Å². The van der Waals surface area contributed by atoms with Crippen LogP contribution in [-0.2, 0) is 11.3 Å². The molecule has 0 aliphatic carbocycles. The summed E-state index contributed by atoms with van der Waals surface area (Å²) in [6.45, 7) is 2.35. The van der Waals surface area contributed by atoms with E-state index in [2.05, 4.69) is 10.5 Å². The minimum Gasteiger partial charge on any atom is -0.497 e. The van der Waals surface area contributed by atoms with Gasteiger partial charge in [-0.15, -0.1) is 0 Å². The molecule has 1 aromatic carbocycles. The second-order valence-corrected chi connectivity index (χ2v) is 5.52. The summed E-state index contributed by atoms with van der Waals surface area (Å²) in [7, 11) is 1.63. The van der Waals surface area contributed by atoms with E-state index < -0.39 is 0 Å². The third-order valence-corrected chi connectivity index (χ3v) is 3.96. The topological polar surface area (TPSA) is 73.1 Å². The number of oxime groups is 1. The minimum atomic E-state index is -0.164. The van der Waals surface area contributed by atoms with E-state index in [4.69, 9.17) is 14.0 Å². The van der Waals surface area contributed by atoms with Crippen molar-refractivity contribution in [3.63, 3.8) is 0 Å². The van der Waals surface area contributed by atoms with Crippen LogP contribution < -0.4 is 10.1 Å². The van der Waals surface area contributed by atoms with Crippen LogP contribution in [0.25, 0.3) is 0 Å². The summed E-state index contributed by atoms with van der Waals surface area (Å²) in [5.41, 5.74) is 2.44. The van der Waals surface area contributed by atoms with Gasteiger partial charge < -0.3 is 19.3 Å². The van der Waals surface area contributed by atoms with Gasteiger partial charge in [0.25, 0.3) is 5.91 Å². The molecule has 0 saturated carbocycles. The number of nitrogens with zero attached hydrogens (tertiary/aromatic N) is 1. The maximum Gasteiger partial charge on any atom is 0.254 e. The average Bonchev–Trinajstić information content (AvgIpc) is 3.29. The molecule has 24 heavy (non-hydrogen) atoms. The number of methoxy groups -OCH3 is 1. The van der Waals surface area contributed by atoms with E-state index in [0.717, 1.165) is 17.0 Å². The van der Waals surface area contributed by atoms with Crippen LogP contribution in [0.1, 0.15) is 35.0 Å². The van der Waals surface area contributed by atoms with Gasteiger partial charge in [-0.05, 0) is 35.9 Å². The lowest BCUT2D eigenvalue weighted by Gasteiger charge is -2.09. The van der Waals surface area contributed by atoms with Crippen molar-refractivity contribution in [1.29, 1.82) is 0 Å². The summed E-state index contributed by atoms with van der Waals surface area (Å²) in [5.74, 6) is 1.34. The van der Waals surface area contributed by atoms with Crippen molar-refractivity contribution in [2.75, 3.05) is 13.7 Å². The molecule has 0 spiro atoms. The Labute approximate surface area is 140 Å². The summed E-state index contributed by atoms with van der Waals surface area (Å²) in [5, 5.41) is 7.00. The molecule has 1 N–H and O–H groups in total. The smallest absolute Gasteiger partial charge is 0.254 e. The SMILES string of the molecule is CCc1occc1C(=O)NC[C@H]1CC(c2ccc(OC)cc2)=NO1. The number of carbonyl (C=O) groups is 1. The molecule has 0 radical (unpaired) electrons. The van der Waals surface area contributed by atoms with Crippen LogP contribution in [0.4, 0.5) is 0 Å². The maximum atomic E-state index is 12.2. The molecule has 1 aliphatic rings. The van der Waals surface area contributed by atoms with Crippen LogP contribution in [0.5, 0.6) is 5.75 Å². The summed E-state index contributed by atoms with van der Waals surface area (Å²) >= 11 is 0. The monoisotopic (exact) mass is 328 g/mol. The highest BCUT2D eigenvalue weighted by Crippen LogP contribution is 2.19. The molecule has 0 bridgehead atoms. The highest BCUT2D eigenvalue weighted by Gasteiger charge is 2.23. The first kappa shape index (κ1) is 16.1. The predicted octanol–water partition coefficient (Wildman–Crippen LogP) is 2.77. The Hall–Kier alpha value is -2.76. The molecular formula is C18H20N2O4. The number of benzene rings is 1. The highest BCUT2D eigenvalue weighted by atomic mass is 16.6. The Balaban J connectivity index is 1.53. The average molecular weight is 328 g/mol. The summed E-state index contributed by atoms with van der Waals surface area (Å²) in [4.78, 5) is 17.6. The molecule has 1 aliphatic heterocycles. The number of amides is 1. The third kappa shape index (κ3) is 3.42. The number of hydrogen-bond donors (Lipinski definition) is 1. The van der Waals surface area contributed by atoms with Crippen LogP contribution in [0.3, 0.4) is 0 Å². The summed E-state index contributed by atoms with van der Waals surface area (Å²) in [6, 6.07) is 9.35. The molecule has 0 unspecified atom stereocenters. The molecule has 1 amide bonds. The largest absolute Gasteiger partial charge is 0.497 e. The lowest BCUT2D eigenvalue weighted by atomic mass is 10.0. The molecule has 1 atom stereocenters. The van der Waals surface area contributed by atoms with Gasteiger partial charge in [-0.1, -0.05) is 12.1 Å². The molecule has 6 heteroatoms. The van der Waals surface area contributed by atoms with Crippen molar-refractivity contribution >= 4 is 11.6 Å². The minimum absolute atomic E-state index is 0.151. The van der Waals surface area contributed by atoms with Crippen molar-refractivity contribution in [3.8, 4) is 5.75 Å². The number of carbonyl (C=O) groups excluding carboxylic acids is 1. The van der Waals surface area contributed by atoms with Crippen molar-refractivity contribution in [2.24, 2.45) is 5.16 Å². The molecular weight excluding hydrogens is 308 g/mol. The van der Waals surface area contributed by atoms with Gasteiger partial charge in [0, 0.05) is 12.8 Å². The Morgan fingerprint density at radius 2 is 2.12 bits per heavy atom. The molecule has 1 aromatic heterocycles. The number of aryl methyl sites for hydroxylation is 1. The van der Waals surface area contributed by atoms with Gasteiger partial charge in [-0.2, -0.15) is 0 Å². The lowest BCUT2D eigenvalue weighted by Crippen LogP contribution is -2.32. The maximum absolute atomic E-state index is 12.2. The van der Waals surface area contributed by atoms with Crippen LogP contribution >= 0.6 is 0 Å². The van der Waals surface area contributed by atoms with Crippen LogP contribution in [0.2, 0.25) is 0 Å². The molecule has 126 valence electrons. The molecule has 2 heterocycles. The van der Waals surface area contributed by atoms with E-state index in [1.165, 1.54) is 6.26 Å². The summed E-state index contributed by atoms with van der Waals surface area (Å²) in [6.07, 6.45) is 2.70. The van der Waals surface area contributed by atoms with Crippen molar-refractivity contribution in [3.05, 3.63) is 53.5 Å². The van der Waals surface area contributed by atoms with Gasteiger partial charge in [-0.3, -0.25) is 4.79 Å². The Bertz CT molecular complexity index is 734. The molecule has 0 fully saturated rings. The first-order valence-corrected chi connectivity index (χ1v) is 7.93. The number of rotatable bonds is 6. The normalized spacial score (nSPS) is 16.4. The Morgan fingerprint density at radius 1 is 1.33 bits per heavy atom. The van der Waals surface area contributed by atoms with Gasteiger partial charge in [0.1, 0.15) is 17.6 Å². The predicted molar refractivity (Wildman–Crippen MR) is 89.4 cm³/mol. The zero-order valence-electron chi connectivity index (χ0n) is 13.7. The van der Waals surface area contributed by atoms with Gasteiger partial charge in [-0.25, -0.2) is 0 Å². The number of ether oxygens (including phenoxy) is 1. The fourth-order valence-electron chi connectivity index (χ4n) is 2.61. The fraction of sp³-hybridized carbons (Fsp3) is 0.333. The first-order valence-electron chi connectivity index (χ1n) is 7.93. The van der Waals surface area contributed by atoms with E-state index in [9.17, 15) is 4.79 Å². The quantitative estimate of drug-likeness (QED) is 0.885. The van der Waals surface area contributed by atoms with E-state index in [0.29, 0.717) is 30.7 Å². The standard InChI is InChI=1S/C18H20N2O4/c1-3-17-15(8-9-23-17)18(21)19-11-14-10-16(20-24-14)12-4-6-13(22-2)7-5-12/h4-9,14H,3,10-11H2,1-2H3,(H,19,21)/t14-/m1/s1. The fourth-order valence-corrected chi connectivity index (χ4v) is 2.61. The van der Waals surface area contributed by atoms with Crippen LogP contribution in [0.15, 0.2) is 46.2 Å². The van der Waals surface area contributed by atoms with Crippen LogP contribution in [0, 0.1) is 0 Å². The van der Waals surface area contributed by atoms with Crippen molar-refractivity contribution < 1.29 is 18.8 Å². The highest BCUT2D eigenvalue weighted by molar-refractivity contribution is 6.01. The second-order valence-electron chi connectivity index (χ2n) is 5.52. The lowest BCUT2D eigenvalue weighted by molar-refractivity contribution is 0.0752. The van der Waals surface area contributed by atoms with Gasteiger partial charge in [0.05, 0.1) is 31.2 Å². The number of nitrogens with one attached hydrogen (secondary N) is 1. The Kier molecular flexibility index (Phi) is 4.84. The Morgan fingerprint density at radius 3 is 2.83 bits per heavy atom. The van der Waals surface area contributed by atoms with E-state index in [-0.39, 0.29) is 12.0 Å². The van der Waals surface area contributed by atoms with Crippen LogP contribution in [-0.4, -0.2) is 31.4 Å². The molecule has 2 aromatic rings. The molecule has 3 rings (SSSR count). The van der Waals surface area contributed by atoms with Crippen molar-refractivity contribution in [1.82, 2.24) is 5.32 Å². The van der Waals surface area contributed by atoms with E-state index in [1.807, 2.05) is 31.2 Å². The van der Waals surface area contributed by atoms with Gasteiger partial charge >= 0.3 is 0 Å². The third-order valence-electron chi connectivity index (χ3n) is 3.96. The second kappa shape index (κ2) is 7.21. The first-order chi connectivity index (χ1) is 11.7. The number of hydrogen-bond acceptors (Lipinski definition) is 5. The molecule has 6 nitrogen and oxygen atoms in total. The van der Waals surface area contributed by atoms with Gasteiger partial charge in [0.2, 0.25) is 0 Å². The van der Waals surface area contributed by atoms with E-state index >= 15 is 0 Å². The van der Waals surface area contributed by atoms with Crippen molar-refractivity contribution in [2.45, 2.75) is 25.9 Å². The zero-order valence-corrected chi connectivity index (χ0v) is 13.7. The molecule has 0 saturated heterocycles. The zero-order chi connectivity index (χ0) is 16.9. The van der Waals surface area contributed by atoms with Gasteiger partial charge in [0.15, 0.2) is 0 Å². The number of furan rings is 1.